The summed E-state index contributed by atoms with van der Waals surface area (Å²) in [4.78, 5) is 11.5. The van der Waals surface area contributed by atoms with Crippen LogP contribution in [0.3, 0.4) is 0 Å². The molecule has 0 radical (unpaired) electrons. The summed E-state index contributed by atoms with van der Waals surface area (Å²) in [6, 6.07) is 7.21. The monoisotopic (exact) mass is 178 g/mol. The maximum atomic E-state index is 11.5. The number of benzene rings is 1. The Labute approximate surface area is 76.3 Å². The summed E-state index contributed by atoms with van der Waals surface area (Å²) in [6.45, 7) is 0. The van der Waals surface area contributed by atoms with Gasteiger partial charge in [0.1, 0.15) is 5.75 Å². The number of rotatable bonds is 1. The molecule has 1 aliphatic heterocycles. The standard InChI is InChI=1S/C10H10O3/c1-12-10-6-8(11)7-4-2-3-5-9(7)13-10/h2-5,10H,6H2,1H3. The smallest absolute Gasteiger partial charge is 0.206 e. The van der Waals surface area contributed by atoms with Gasteiger partial charge in [-0.25, -0.2) is 0 Å². The van der Waals surface area contributed by atoms with E-state index in [2.05, 4.69) is 0 Å². The van der Waals surface area contributed by atoms with Crippen molar-refractivity contribution in [3.05, 3.63) is 29.8 Å². The van der Waals surface area contributed by atoms with Crippen molar-refractivity contribution in [2.75, 3.05) is 7.11 Å². The highest BCUT2D eigenvalue weighted by molar-refractivity contribution is 5.99. The van der Waals surface area contributed by atoms with Crippen LogP contribution >= 0.6 is 0 Å². The molecule has 0 fully saturated rings. The number of carbonyl (C=O) groups excluding carboxylic acids is 1. The van der Waals surface area contributed by atoms with Crippen molar-refractivity contribution < 1.29 is 14.3 Å². The third-order valence-corrected chi connectivity index (χ3v) is 2.06. The molecular formula is C10H10O3. The first-order valence-electron chi connectivity index (χ1n) is 4.13. The molecule has 1 aromatic rings. The van der Waals surface area contributed by atoms with Gasteiger partial charge in [0.05, 0.1) is 12.0 Å². The molecule has 13 heavy (non-hydrogen) atoms. The van der Waals surface area contributed by atoms with E-state index in [-0.39, 0.29) is 5.78 Å². The fourth-order valence-corrected chi connectivity index (χ4v) is 1.38. The second-order valence-corrected chi connectivity index (χ2v) is 2.91. The van der Waals surface area contributed by atoms with E-state index >= 15 is 0 Å². The third kappa shape index (κ3) is 1.42. The fourth-order valence-electron chi connectivity index (χ4n) is 1.38. The number of carbonyl (C=O) groups is 1. The maximum absolute atomic E-state index is 11.5. The lowest BCUT2D eigenvalue weighted by Crippen LogP contribution is -2.28. The van der Waals surface area contributed by atoms with Crippen molar-refractivity contribution in [1.29, 1.82) is 0 Å². The molecular weight excluding hydrogens is 168 g/mol. The van der Waals surface area contributed by atoms with Gasteiger partial charge in [-0.2, -0.15) is 0 Å². The number of fused-ring (bicyclic) bond motifs is 1. The van der Waals surface area contributed by atoms with Gasteiger partial charge in [0.25, 0.3) is 0 Å². The topological polar surface area (TPSA) is 35.5 Å². The van der Waals surface area contributed by atoms with Crippen molar-refractivity contribution in [1.82, 2.24) is 0 Å². The van der Waals surface area contributed by atoms with Gasteiger partial charge in [-0.15, -0.1) is 0 Å². The van der Waals surface area contributed by atoms with Crippen molar-refractivity contribution in [2.45, 2.75) is 12.7 Å². The molecule has 0 saturated heterocycles. The van der Waals surface area contributed by atoms with Gasteiger partial charge in [-0.3, -0.25) is 4.79 Å². The molecule has 0 bridgehead atoms. The third-order valence-electron chi connectivity index (χ3n) is 2.06. The summed E-state index contributed by atoms with van der Waals surface area (Å²) < 4.78 is 10.4. The lowest BCUT2D eigenvalue weighted by molar-refractivity contribution is -0.0575. The normalized spacial score (nSPS) is 20.7. The highest BCUT2D eigenvalue weighted by atomic mass is 16.7. The van der Waals surface area contributed by atoms with E-state index in [1.165, 1.54) is 7.11 Å². The summed E-state index contributed by atoms with van der Waals surface area (Å²) in [5.41, 5.74) is 0.649. The highest BCUT2D eigenvalue weighted by Gasteiger charge is 2.25. The summed E-state index contributed by atoms with van der Waals surface area (Å²) in [7, 11) is 1.53. The number of para-hydroxylation sites is 1. The zero-order chi connectivity index (χ0) is 9.26. The molecule has 1 unspecified atom stereocenters. The van der Waals surface area contributed by atoms with Crippen molar-refractivity contribution in [2.24, 2.45) is 0 Å². The molecule has 0 aromatic heterocycles. The van der Waals surface area contributed by atoms with Crippen LogP contribution < -0.4 is 4.74 Å². The van der Waals surface area contributed by atoms with Crippen LogP contribution in [0.2, 0.25) is 0 Å². The van der Waals surface area contributed by atoms with Crippen molar-refractivity contribution in [3.8, 4) is 5.75 Å². The van der Waals surface area contributed by atoms with Crippen LogP contribution in [0.15, 0.2) is 24.3 Å². The van der Waals surface area contributed by atoms with Crippen LogP contribution in [0.25, 0.3) is 0 Å². The Hall–Kier alpha value is -1.35. The molecule has 2 rings (SSSR count). The second-order valence-electron chi connectivity index (χ2n) is 2.91. The average molecular weight is 178 g/mol. The predicted molar refractivity (Wildman–Crippen MR) is 46.8 cm³/mol. The minimum absolute atomic E-state index is 0.0775. The molecule has 0 N–H and O–H groups in total. The lowest BCUT2D eigenvalue weighted by atomic mass is 10.0. The predicted octanol–water partition coefficient (Wildman–Crippen LogP) is 1.62. The second kappa shape index (κ2) is 3.18. The Morgan fingerprint density at radius 1 is 1.46 bits per heavy atom. The molecule has 1 heterocycles. The molecule has 0 amide bonds. The van der Waals surface area contributed by atoms with Crippen LogP contribution in [-0.2, 0) is 4.74 Å². The van der Waals surface area contributed by atoms with E-state index in [9.17, 15) is 4.79 Å². The molecule has 1 aliphatic rings. The first-order valence-corrected chi connectivity index (χ1v) is 4.13. The largest absolute Gasteiger partial charge is 0.464 e. The quantitative estimate of drug-likeness (QED) is 0.655. The number of Topliss-reactive ketones (excluding diaryl/α,β-unsaturated/α-hetero) is 1. The minimum Gasteiger partial charge on any atom is -0.464 e. The first kappa shape index (κ1) is 8.26. The minimum atomic E-state index is -0.428. The average Bonchev–Trinajstić information content (AvgIpc) is 2.18. The van der Waals surface area contributed by atoms with Crippen LogP contribution in [0.1, 0.15) is 16.8 Å². The van der Waals surface area contributed by atoms with Gasteiger partial charge in [-0.1, -0.05) is 12.1 Å². The molecule has 0 aliphatic carbocycles. The van der Waals surface area contributed by atoms with E-state index in [0.717, 1.165) is 0 Å². The summed E-state index contributed by atoms with van der Waals surface area (Å²) in [5, 5.41) is 0. The Kier molecular flexibility index (Phi) is 2.02. The number of ketones is 1. The number of methoxy groups -OCH3 is 1. The number of hydrogen-bond acceptors (Lipinski definition) is 3. The summed E-state index contributed by atoms with van der Waals surface area (Å²) in [6.07, 6.45) is -0.129. The molecule has 3 heteroatoms. The van der Waals surface area contributed by atoms with Crippen LogP contribution in [0.5, 0.6) is 5.75 Å². The van der Waals surface area contributed by atoms with Gasteiger partial charge >= 0.3 is 0 Å². The SMILES string of the molecule is COC1CC(=O)c2ccccc2O1. The van der Waals surface area contributed by atoms with E-state index in [1.807, 2.05) is 12.1 Å². The van der Waals surface area contributed by atoms with Crippen LogP contribution in [-0.4, -0.2) is 19.2 Å². The summed E-state index contributed by atoms with van der Waals surface area (Å²) >= 11 is 0. The molecule has 68 valence electrons. The molecule has 1 atom stereocenters. The van der Waals surface area contributed by atoms with E-state index in [4.69, 9.17) is 9.47 Å². The highest BCUT2D eigenvalue weighted by Crippen LogP contribution is 2.26. The Balaban J connectivity index is 2.37. The van der Waals surface area contributed by atoms with Crippen LogP contribution in [0, 0.1) is 0 Å². The van der Waals surface area contributed by atoms with E-state index < -0.39 is 6.29 Å². The van der Waals surface area contributed by atoms with Crippen molar-refractivity contribution in [3.63, 3.8) is 0 Å². The summed E-state index contributed by atoms with van der Waals surface area (Å²) in [5.74, 6) is 0.694. The molecule has 0 spiro atoms. The fraction of sp³-hybridized carbons (Fsp3) is 0.300. The number of ether oxygens (including phenoxy) is 2. The van der Waals surface area contributed by atoms with Gasteiger partial charge in [-0.05, 0) is 12.1 Å². The molecule has 3 nitrogen and oxygen atoms in total. The van der Waals surface area contributed by atoms with E-state index in [1.54, 1.807) is 12.1 Å². The molecule has 0 saturated carbocycles. The Morgan fingerprint density at radius 2 is 2.23 bits per heavy atom. The van der Waals surface area contributed by atoms with Gasteiger partial charge < -0.3 is 9.47 Å². The Bertz CT molecular complexity index is 333. The first-order chi connectivity index (χ1) is 6.31. The van der Waals surface area contributed by atoms with Crippen molar-refractivity contribution >= 4 is 5.78 Å². The van der Waals surface area contributed by atoms with Crippen LogP contribution in [0.4, 0.5) is 0 Å². The zero-order valence-electron chi connectivity index (χ0n) is 7.32. The molecule has 1 aromatic carbocycles. The van der Waals surface area contributed by atoms with Gasteiger partial charge in [0, 0.05) is 7.11 Å². The van der Waals surface area contributed by atoms with Gasteiger partial charge in [0.2, 0.25) is 6.29 Å². The maximum Gasteiger partial charge on any atom is 0.206 e. The zero-order valence-corrected chi connectivity index (χ0v) is 7.32. The van der Waals surface area contributed by atoms with Gasteiger partial charge in [0.15, 0.2) is 5.78 Å². The Morgan fingerprint density at radius 3 is 3.00 bits per heavy atom. The van der Waals surface area contributed by atoms with E-state index in [0.29, 0.717) is 17.7 Å². The lowest BCUT2D eigenvalue weighted by Gasteiger charge is -2.23. The number of hydrogen-bond donors (Lipinski definition) is 0.